The zero-order chi connectivity index (χ0) is 13.9. The van der Waals surface area contributed by atoms with Crippen LogP contribution >= 0.6 is 0 Å². The molecule has 0 radical (unpaired) electrons. The zero-order valence-corrected chi connectivity index (χ0v) is 11.3. The number of ether oxygens (including phenoxy) is 1. The van der Waals surface area contributed by atoms with Crippen molar-refractivity contribution in [3.8, 4) is 0 Å². The number of esters is 1. The Bertz CT molecular complexity index is 488. The molecule has 4 heteroatoms. The molecule has 1 saturated heterocycles. The molecule has 3 rings (SSSR count). The highest BCUT2D eigenvalue weighted by Crippen LogP contribution is 2.51. The predicted molar refractivity (Wildman–Crippen MR) is 69.2 cm³/mol. The van der Waals surface area contributed by atoms with E-state index < -0.39 is 11.7 Å². The molecule has 0 unspecified atom stereocenters. The number of hydrogen-bond donors (Lipinski definition) is 2. The molecule has 3 aliphatic rings. The predicted octanol–water partition coefficient (Wildman–Crippen LogP) is 1.33. The largest absolute Gasteiger partial charge is 0.454 e. The number of carbonyl (C=O) groups is 1. The number of hydrogen-bond acceptors (Lipinski definition) is 4. The normalized spacial score (nSPS) is 45.9. The van der Waals surface area contributed by atoms with Gasteiger partial charge in [-0.15, -0.1) is 0 Å². The third-order valence-corrected chi connectivity index (χ3v) is 5.12. The molecule has 2 N–H and O–H groups in total. The van der Waals surface area contributed by atoms with Gasteiger partial charge in [0.2, 0.25) is 0 Å². The molecule has 5 atom stereocenters. The van der Waals surface area contributed by atoms with E-state index in [9.17, 15) is 15.0 Å². The molecular formula is C15H20O4. The first-order valence-electron chi connectivity index (χ1n) is 6.83. The Labute approximate surface area is 112 Å². The van der Waals surface area contributed by atoms with Crippen LogP contribution in [0.1, 0.15) is 33.1 Å². The van der Waals surface area contributed by atoms with Crippen molar-refractivity contribution in [2.24, 2.45) is 11.8 Å². The average molecular weight is 264 g/mol. The zero-order valence-electron chi connectivity index (χ0n) is 11.3. The lowest BCUT2D eigenvalue weighted by molar-refractivity contribution is -0.138. The SMILES string of the molecule is C=C1C(=O)O[C@@H]2C3=C(C)[C@@H](O)C[C@@H]3[C@](C)(O)CC[C@@H]12. The highest BCUT2D eigenvalue weighted by molar-refractivity contribution is 5.91. The van der Waals surface area contributed by atoms with Gasteiger partial charge in [0.25, 0.3) is 0 Å². The smallest absolute Gasteiger partial charge is 0.334 e. The highest BCUT2D eigenvalue weighted by Gasteiger charge is 2.53. The van der Waals surface area contributed by atoms with E-state index >= 15 is 0 Å². The van der Waals surface area contributed by atoms with Gasteiger partial charge in [0.1, 0.15) is 6.10 Å². The molecule has 0 spiro atoms. The van der Waals surface area contributed by atoms with E-state index in [-0.39, 0.29) is 23.9 Å². The monoisotopic (exact) mass is 264 g/mol. The van der Waals surface area contributed by atoms with Crippen LogP contribution in [0, 0.1) is 11.8 Å². The van der Waals surface area contributed by atoms with Gasteiger partial charge in [0.05, 0.1) is 11.7 Å². The summed E-state index contributed by atoms with van der Waals surface area (Å²) in [5.74, 6) is -0.521. The van der Waals surface area contributed by atoms with Crippen LogP contribution < -0.4 is 0 Å². The lowest BCUT2D eigenvalue weighted by Gasteiger charge is -2.31. The van der Waals surface area contributed by atoms with Crippen LogP contribution in [0.5, 0.6) is 0 Å². The van der Waals surface area contributed by atoms with E-state index in [1.165, 1.54) is 0 Å². The molecule has 0 bridgehead atoms. The van der Waals surface area contributed by atoms with E-state index in [1.807, 2.05) is 13.8 Å². The van der Waals surface area contributed by atoms with Crippen molar-refractivity contribution < 1.29 is 19.7 Å². The van der Waals surface area contributed by atoms with Crippen molar-refractivity contribution in [2.45, 2.75) is 50.9 Å². The fourth-order valence-corrected chi connectivity index (χ4v) is 3.84. The molecule has 2 fully saturated rings. The van der Waals surface area contributed by atoms with Crippen molar-refractivity contribution in [3.63, 3.8) is 0 Å². The summed E-state index contributed by atoms with van der Waals surface area (Å²) in [5.41, 5.74) is 1.42. The first-order valence-corrected chi connectivity index (χ1v) is 6.83. The molecule has 0 amide bonds. The van der Waals surface area contributed by atoms with Crippen LogP contribution in [0.15, 0.2) is 23.3 Å². The summed E-state index contributed by atoms with van der Waals surface area (Å²) in [5, 5.41) is 20.7. The number of fused-ring (bicyclic) bond motifs is 3. The molecule has 2 aliphatic carbocycles. The van der Waals surface area contributed by atoms with E-state index in [0.29, 0.717) is 24.8 Å². The van der Waals surface area contributed by atoms with Gasteiger partial charge in [0.15, 0.2) is 0 Å². The molecule has 0 aromatic rings. The minimum Gasteiger partial charge on any atom is -0.454 e. The van der Waals surface area contributed by atoms with Crippen LogP contribution in [0.3, 0.4) is 0 Å². The standard InChI is InChI=1S/C15H20O4/c1-7-9-4-5-15(3,18)10-6-11(16)8(2)12(10)13(9)19-14(7)17/h9-11,13,16,18H,1,4-6H2,2-3H3/t9-,10-,11-,13-,15+/m0/s1. The Balaban J connectivity index is 2.10. The second-order valence-corrected chi connectivity index (χ2v) is 6.30. The van der Waals surface area contributed by atoms with E-state index in [1.54, 1.807) is 0 Å². The van der Waals surface area contributed by atoms with Gasteiger partial charge in [-0.3, -0.25) is 0 Å². The van der Waals surface area contributed by atoms with Crippen LogP contribution in [0.4, 0.5) is 0 Å². The Morgan fingerprint density at radius 3 is 2.84 bits per heavy atom. The van der Waals surface area contributed by atoms with E-state index in [2.05, 4.69) is 6.58 Å². The quantitative estimate of drug-likeness (QED) is 0.393. The summed E-state index contributed by atoms with van der Waals surface area (Å²) in [7, 11) is 0. The van der Waals surface area contributed by atoms with Gasteiger partial charge in [-0.1, -0.05) is 6.58 Å². The number of aliphatic hydroxyl groups is 2. The molecule has 4 nitrogen and oxygen atoms in total. The Kier molecular flexibility index (Phi) is 2.67. The topological polar surface area (TPSA) is 66.8 Å². The molecule has 1 heterocycles. The van der Waals surface area contributed by atoms with Crippen molar-refractivity contribution in [2.75, 3.05) is 0 Å². The third-order valence-electron chi connectivity index (χ3n) is 5.12. The Morgan fingerprint density at radius 2 is 2.16 bits per heavy atom. The first-order chi connectivity index (χ1) is 8.83. The summed E-state index contributed by atoms with van der Waals surface area (Å²) >= 11 is 0. The highest BCUT2D eigenvalue weighted by atomic mass is 16.6. The lowest BCUT2D eigenvalue weighted by atomic mass is 9.82. The lowest BCUT2D eigenvalue weighted by Crippen LogP contribution is -2.35. The Hall–Kier alpha value is -1.13. The molecule has 1 aliphatic heterocycles. The van der Waals surface area contributed by atoms with Gasteiger partial charge in [-0.2, -0.15) is 0 Å². The average Bonchev–Trinajstić information content (AvgIpc) is 2.74. The van der Waals surface area contributed by atoms with Crippen LogP contribution in [-0.4, -0.2) is 34.0 Å². The number of aliphatic hydroxyl groups excluding tert-OH is 1. The number of rotatable bonds is 0. The summed E-state index contributed by atoms with van der Waals surface area (Å²) < 4.78 is 5.46. The Morgan fingerprint density at radius 1 is 1.47 bits per heavy atom. The van der Waals surface area contributed by atoms with Crippen molar-refractivity contribution in [3.05, 3.63) is 23.3 Å². The van der Waals surface area contributed by atoms with Crippen molar-refractivity contribution in [1.82, 2.24) is 0 Å². The maximum atomic E-state index is 11.7. The van der Waals surface area contributed by atoms with Crippen LogP contribution in [0.25, 0.3) is 0 Å². The van der Waals surface area contributed by atoms with Gasteiger partial charge in [-0.05, 0) is 44.3 Å². The minimum atomic E-state index is -0.856. The maximum Gasteiger partial charge on any atom is 0.334 e. The minimum absolute atomic E-state index is 0.0563. The van der Waals surface area contributed by atoms with Crippen molar-refractivity contribution >= 4 is 5.97 Å². The van der Waals surface area contributed by atoms with Crippen LogP contribution in [-0.2, 0) is 9.53 Å². The molecule has 19 heavy (non-hydrogen) atoms. The molecular weight excluding hydrogens is 244 g/mol. The summed E-state index contributed by atoms with van der Waals surface area (Å²) in [6.07, 6.45) is 0.930. The summed E-state index contributed by atoms with van der Waals surface area (Å²) in [6, 6.07) is 0. The van der Waals surface area contributed by atoms with Gasteiger partial charge >= 0.3 is 5.97 Å². The molecule has 1 saturated carbocycles. The molecule has 0 aromatic carbocycles. The van der Waals surface area contributed by atoms with Crippen LogP contribution in [0.2, 0.25) is 0 Å². The maximum absolute atomic E-state index is 11.7. The van der Waals surface area contributed by atoms with Gasteiger partial charge < -0.3 is 14.9 Å². The summed E-state index contributed by atoms with van der Waals surface area (Å²) in [6.45, 7) is 7.51. The second-order valence-electron chi connectivity index (χ2n) is 6.30. The number of carbonyl (C=O) groups excluding carboxylic acids is 1. The second kappa shape index (κ2) is 3.93. The molecule has 104 valence electrons. The summed E-state index contributed by atoms with van der Waals surface area (Å²) in [4.78, 5) is 11.7. The fourth-order valence-electron chi connectivity index (χ4n) is 3.84. The van der Waals surface area contributed by atoms with E-state index in [4.69, 9.17) is 4.74 Å². The molecule has 0 aromatic heterocycles. The van der Waals surface area contributed by atoms with Crippen molar-refractivity contribution in [1.29, 1.82) is 0 Å². The first kappa shape index (κ1) is 12.9. The van der Waals surface area contributed by atoms with Gasteiger partial charge in [0, 0.05) is 17.4 Å². The van der Waals surface area contributed by atoms with Gasteiger partial charge in [-0.25, -0.2) is 4.79 Å². The van der Waals surface area contributed by atoms with E-state index in [0.717, 1.165) is 11.1 Å². The fraction of sp³-hybridized carbons (Fsp3) is 0.667. The third kappa shape index (κ3) is 1.70.